The van der Waals surface area contributed by atoms with Crippen molar-refractivity contribution >= 4 is 28.4 Å². The molecule has 5 nitrogen and oxygen atoms in total. The summed E-state index contributed by atoms with van der Waals surface area (Å²) in [6.45, 7) is 1.71. The average Bonchev–Trinajstić information content (AvgIpc) is 2.49. The van der Waals surface area contributed by atoms with Crippen molar-refractivity contribution in [1.82, 2.24) is 0 Å². The van der Waals surface area contributed by atoms with Gasteiger partial charge in [-0.05, 0) is 13.0 Å². The zero-order valence-electron chi connectivity index (χ0n) is 11.2. The van der Waals surface area contributed by atoms with Crippen molar-refractivity contribution in [3.63, 3.8) is 0 Å². The molecule has 102 valence electrons. The van der Waals surface area contributed by atoms with Gasteiger partial charge in [-0.15, -0.1) is 0 Å². The van der Waals surface area contributed by atoms with Crippen LogP contribution in [0.4, 0.5) is 5.69 Å². The van der Waals surface area contributed by atoms with E-state index in [1.807, 2.05) is 0 Å². The van der Waals surface area contributed by atoms with E-state index >= 15 is 0 Å². The van der Waals surface area contributed by atoms with Gasteiger partial charge in [-0.1, -0.05) is 11.6 Å². The second-order valence-electron chi connectivity index (χ2n) is 4.22. The summed E-state index contributed by atoms with van der Waals surface area (Å²) < 4.78 is 10.5. The molecule has 1 aromatic rings. The Labute approximate surface area is 116 Å². The molecule has 0 aromatic heterocycles. The van der Waals surface area contributed by atoms with E-state index in [0.29, 0.717) is 27.9 Å². The van der Waals surface area contributed by atoms with Gasteiger partial charge in [-0.2, -0.15) is 0 Å². The number of hydrogen-bond donors (Lipinski definition) is 0. The lowest BCUT2D eigenvalue weighted by molar-refractivity contribution is -0.119. The van der Waals surface area contributed by atoms with Gasteiger partial charge in [0.2, 0.25) is 0 Å². The number of benzodiazepines with no additional fused rings is 1. The van der Waals surface area contributed by atoms with Gasteiger partial charge in [0.25, 0.3) is 5.91 Å². The predicted molar refractivity (Wildman–Crippen MR) is 74.8 cm³/mol. The van der Waals surface area contributed by atoms with Gasteiger partial charge in [-0.25, -0.2) is 0 Å². The molecule has 0 bridgehead atoms. The first-order chi connectivity index (χ1) is 8.99. The van der Waals surface area contributed by atoms with Crippen molar-refractivity contribution in [3.8, 4) is 11.5 Å². The molecular weight excluding hydrogens is 268 g/mol. The Morgan fingerprint density at radius 3 is 2.42 bits per heavy atom. The highest BCUT2D eigenvalue weighted by Gasteiger charge is 2.27. The van der Waals surface area contributed by atoms with Crippen LogP contribution < -0.4 is 14.4 Å². The van der Waals surface area contributed by atoms with Crippen LogP contribution in [-0.4, -0.2) is 38.4 Å². The van der Waals surface area contributed by atoms with Crippen molar-refractivity contribution in [2.24, 2.45) is 4.99 Å². The Kier molecular flexibility index (Phi) is 3.66. The lowest BCUT2D eigenvalue weighted by atomic mass is 10.1. The second kappa shape index (κ2) is 5.09. The van der Waals surface area contributed by atoms with Crippen molar-refractivity contribution in [3.05, 3.63) is 17.7 Å². The summed E-state index contributed by atoms with van der Waals surface area (Å²) in [5.74, 6) is 0.967. The molecule has 19 heavy (non-hydrogen) atoms. The smallest absolute Gasteiger partial charge is 0.251 e. The molecule has 1 heterocycles. The van der Waals surface area contributed by atoms with Crippen LogP contribution in [0.3, 0.4) is 0 Å². The van der Waals surface area contributed by atoms with Crippen molar-refractivity contribution < 1.29 is 14.3 Å². The Balaban J connectivity index is 2.68. The summed E-state index contributed by atoms with van der Waals surface area (Å²) in [6, 6.07) is 2.94. The van der Waals surface area contributed by atoms with E-state index in [1.54, 1.807) is 40.3 Å². The van der Waals surface area contributed by atoms with E-state index < -0.39 is 6.04 Å². The van der Waals surface area contributed by atoms with Gasteiger partial charge >= 0.3 is 0 Å². The lowest BCUT2D eigenvalue weighted by Gasteiger charge is -2.20. The highest BCUT2D eigenvalue weighted by atomic mass is 35.5. The van der Waals surface area contributed by atoms with Gasteiger partial charge in [-0.3, -0.25) is 9.79 Å². The number of aliphatic imine (C=N–C) groups is 1. The fraction of sp³-hybridized carbons (Fsp3) is 0.385. The van der Waals surface area contributed by atoms with Crippen LogP contribution in [0.2, 0.25) is 0 Å². The number of anilines is 1. The molecule has 1 unspecified atom stereocenters. The van der Waals surface area contributed by atoms with E-state index in [4.69, 9.17) is 21.1 Å². The first-order valence-corrected chi connectivity index (χ1v) is 6.14. The molecule has 0 fully saturated rings. The highest BCUT2D eigenvalue weighted by Crippen LogP contribution is 2.37. The molecule has 1 aromatic carbocycles. The molecule has 1 atom stereocenters. The van der Waals surface area contributed by atoms with Crippen LogP contribution in [0.5, 0.6) is 11.5 Å². The highest BCUT2D eigenvalue weighted by molar-refractivity contribution is 6.70. The van der Waals surface area contributed by atoms with Crippen LogP contribution in [0.1, 0.15) is 12.5 Å². The number of amides is 1. The number of benzene rings is 1. The van der Waals surface area contributed by atoms with Crippen molar-refractivity contribution in [2.45, 2.75) is 13.0 Å². The maximum absolute atomic E-state index is 12.1. The number of halogens is 1. The van der Waals surface area contributed by atoms with E-state index in [0.717, 1.165) is 0 Å². The van der Waals surface area contributed by atoms with Gasteiger partial charge in [0.15, 0.2) is 11.5 Å². The van der Waals surface area contributed by atoms with Crippen LogP contribution in [0.15, 0.2) is 17.1 Å². The number of rotatable bonds is 2. The summed E-state index contributed by atoms with van der Waals surface area (Å²) in [6.07, 6.45) is 0. The number of fused-ring (bicyclic) bond motifs is 1. The first kappa shape index (κ1) is 13.7. The standard InChI is InChI=1S/C13H15ClN2O3/c1-7-13(17)16(2)9-6-11(19-4)10(18-3)5-8(9)12(14)15-7/h5-7H,1-4H3. The van der Waals surface area contributed by atoms with Crippen molar-refractivity contribution in [2.75, 3.05) is 26.2 Å². The first-order valence-electron chi connectivity index (χ1n) is 5.76. The van der Waals surface area contributed by atoms with Gasteiger partial charge in [0.1, 0.15) is 11.2 Å². The van der Waals surface area contributed by atoms with E-state index in [-0.39, 0.29) is 5.91 Å². The second-order valence-corrected chi connectivity index (χ2v) is 4.58. The fourth-order valence-corrected chi connectivity index (χ4v) is 2.30. The zero-order chi connectivity index (χ0) is 14.2. The molecule has 0 aliphatic carbocycles. The molecule has 0 radical (unpaired) electrons. The van der Waals surface area contributed by atoms with Crippen LogP contribution >= 0.6 is 11.6 Å². The number of methoxy groups -OCH3 is 2. The van der Waals surface area contributed by atoms with Gasteiger partial charge in [0, 0.05) is 18.7 Å². The average molecular weight is 283 g/mol. The normalized spacial score (nSPS) is 18.6. The summed E-state index contributed by atoms with van der Waals surface area (Å²) in [7, 11) is 4.78. The summed E-state index contributed by atoms with van der Waals surface area (Å²) >= 11 is 6.18. The minimum atomic E-state index is -0.512. The van der Waals surface area contributed by atoms with E-state index in [2.05, 4.69) is 4.99 Å². The third-order valence-electron chi connectivity index (χ3n) is 3.08. The number of nitrogens with zero attached hydrogens (tertiary/aromatic N) is 2. The summed E-state index contributed by atoms with van der Waals surface area (Å²) in [4.78, 5) is 17.8. The minimum absolute atomic E-state index is 0.121. The monoisotopic (exact) mass is 282 g/mol. The predicted octanol–water partition coefficient (Wildman–Crippen LogP) is 2.05. The van der Waals surface area contributed by atoms with Crippen LogP contribution in [0.25, 0.3) is 0 Å². The molecule has 2 rings (SSSR count). The topological polar surface area (TPSA) is 51.1 Å². The number of carbonyl (C=O) groups excluding carboxylic acids is 1. The SMILES string of the molecule is COc1cc2c(cc1OC)N(C)C(=O)C(C)N=C2Cl. The van der Waals surface area contributed by atoms with Crippen LogP contribution in [0, 0.1) is 0 Å². The number of likely N-dealkylation sites (N-methyl/N-ethyl adjacent to an activating group) is 1. The van der Waals surface area contributed by atoms with Crippen molar-refractivity contribution in [1.29, 1.82) is 0 Å². The largest absolute Gasteiger partial charge is 0.493 e. The molecular formula is C13H15ClN2O3. The Morgan fingerprint density at radius 1 is 1.26 bits per heavy atom. The molecule has 0 saturated heterocycles. The summed E-state index contributed by atoms with van der Waals surface area (Å²) in [5, 5.41) is 0.293. The molecule has 0 spiro atoms. The lowest BCUT2D eigenvalue weighted by Crippen LogP contribution is -2.33. The van der Waals surface area contributed by atoms with Gasteiger partial charge in [0.05, 0.1) is 19.9 Å². The summed E-state index contributed by atoms with van der Waals surface area (Å²) in [5.41, 5.74) is 1.31. The molecule has 0 N–H and O–H groups in total. The Morgan fingerprint density at radius 2 is 1.84 bits per heavy atom. The van der Waals surface area contributed by atoms with Gasteiger partial charge < -0.3 is 14.4 Å². The fourth-order valence-electron chi connectivity index (χ4n) is 2.00. The van der Waals surface area contributed by atoms with E-state index in [9.17, 15) is 4.79 Å². The number of hydrogen-bond acceptors (Lipinski definition) is 4. The Bertz CT molecular complexity index is 557. The molecule has 0 saturated carbocycles. The molecule has 1 aliphatic rings. The third kappa shape index (κ3) is 2.26. The van der Waals surface area contributed by atoms with E-state index in [1.165, 1.54) is 4.90 Å². The number of carbonyl (C=O) groups is 1. The minimum Gasteiger partial charge on any atom is -0.493 e. The maximum atomic E-state index is 12.1. The molecule has 6 heteroatoms. The number of ether oxygens (including phenoxy) is 2. The Hall–Kier alpha value is -1.75. The zero-order valence-corrected chi connectivity index (χ0v) is 12.0. The molecule has 1 aliphatic heterocycles. The third-order valence-corrected chi connectivity index (χ3v) is 3.38. The van der Waals surface area contributed by atoms with Crippen LogP contribution in [-0.2, 0) is 4.79 Å². The maximum Gasteiger partial charge on any atom is 0.251 e. The molecule has 1 amide bonds. The quantitative estimate of drug-likeness (QED) is 0.834.